The van der Waals surface area contributed by atoms with E-state index in [-0.39, 0.29) is 24.8 Å². The Bertz CT molecular complexity index is 356. The lowest BCUT2D eigenvalue weighted by atomic mass is 9.95. The molecule has 2 rings (SSSR count). The molecule has 1 N–H and O–H groups in total. The number of hydrogen-bond donors (Lipinski definition) is 1. The summed E-state index contributed by atoms with van der Waals surface area (Å²) in [4.78, 5) is 4.15. The molecule has 112 valence electrons. The van der Waals surface area contributed by atoms with E-state index in [0.717, 1.165) is 19.0 Å². The van der Waals surface area contributed by atoms with Crippen molar-refractivity contribution in [3.8, 4) is 0 Å². The third kappa shape index (κ3) is 5.18. The maximum Gasteiger partial charge on any atom is 0.0468 e. The molecule has 1 saturated heterocycles. The van der Waals surface area contributed by atoms with Crippen molar-refractivity contribution in [3.05, 3.63) is 20.8 Å². The summed E-state index contributed by atoms with van der Waals surface area (Å²) in [6.45, 7) is 9.26. The van der Waals surface area contributed by atoms with Crippen molar-refractivity contribution < 1.29 is 0 Å². The van der Waals surface area contributed by atoms with Gasteiger partial charge in [0, 0.05) is 47.0 Å². The lowest BCUT2D eigenvalue weighted by molar-refractivity contribution is 0.131. The molecule has 2 nitrogen and oxygen atoms in total. The minimum atomic E-state index is 0. The van der Waals surface area contributed by atoms with Crippen LogP contribution in [0.15, 0.2) is 15.9 Å². The first-order valence-electron chi connectivity index (χ1n) is 6.41. The fraction of sp³-hybridized carbons (Fsp3) is 0.692. The lowest BCUT2D eigenvalue weighted by Crippen LogP contribution is -2.46. The second kappa shape index (κ2) is 9.59. The van der Waals surface area contributed by atoms with Crippen LogP contribution in [0.2, 0.25) is 0 Å². The molecular formula is C13H23BrCl2N2S. The Morgan fingerprint density at radius 1 is 1.37 bits per heavy atom. The Morgan fingerprint density at radius 3 is 2.47 bits per heavy atom. The second-order valence-corrected chi connectivity index (χ2v) is 6.64. The summed E-state index contributed by atoms with van der Waals surface area (Å²) in [5.41, 5.74) is 0. The maximum absolute atomic E-state index is 3.58. The highest BCUT2D eigenvalue weighted by Crippen LogP contribution is 2.36. The summed E-state index contributed by atoms with van der Waals surface area (Å²) >= 11 is 5.46. The largest absolute Gasteiger partial charge is 0.314 e. The van der Waals surface area contributed by atoms with Gasteiger partial charge in [0.25, 0.3) is 0 Å². The van der Waals surface area contributed by atoms with Crippen LogP contribution in [0.4, 0.5) is 0 Å². The van der Waals surface area contributed by atoms with Gasteiger partial charge in [0.1, 0.15) is 0 Å². The Labute approximate surface area is 141 Å². The van der Waals surface area contributed by atoms with Crippen LogP contribution in [-0.4, -0.2) is 31.1 Å². The third-order valence-corrected chi connectivity index (χ3v) is 5.37. The first-order valence-corrected chi connectivity index (χ1v) is 8.08. The first-order chi connectivity index (χ1) is 8.22. The summed E-state index contributed by atoms with van der Waals surface area (Å²) in [6.07, 6.45) is 1.24. The van der Waals surface area contributed by atoms with Gasteiger partial charge in [0.15, 0.2) is 0 Å². The van der Waals surface area contributed by atoms with Crippen LogP contribution in [0.25, 0.3) is 0 Å². The fourth-order valence-corrected chi connectivity index (χ4v) is 4.20. The number of piperazine rings is 1. The maximum atomic E-state index is 3.58. The molecule has 1 aromatic heterocycles. The van der Waals surface area contributed by atoms with Gasteiger partial charge in [-0.15, -0.1) is 36.2 Å². The SMILES string of the molecule is CCC(C)[C@@H](c1cc(Br)cs1)N1CCNCC1.Cl.Cl. The van der Waals surface area contributed by atoms with Gasteiger partial charge >= 0.3 is 0 Å². The molecule has 0 radical (unpaired) electrons. The summed E-state index contributed by atoms with van der Waals surface area (Å²) in [5, 5.41) is 5.64. The third-order valence-electron chi connectivity index (χ3n) is 3.61. The van der Waals surface area contributed by atoms with Crippen LogP contribution in [0, 0.1) is 5.92 Å². The molecule has 1 aliphatic heterocycles. The smallest absolute Gasteiger partial charge is 0.0468 e. The molecule has 0 spiro atoms. The second-order valence-electron chi connectivity index (χ2n) is 4.78. The summed E-state index contributed by atoms with van der Waals surface area (Å²) < 4.78 is 1.22. The lowest BCUT2D eigenvalue weighted by Gasteiger charge is -2.37. The number of hydrogen-bond acceptors (Lipinski definition) is 3. The molecule has 2 heterocycles. The van der Waals surface area contributed by atoms with Crippen molar-refractivity contribution >= 4 is 52.1 Å². The summed E-state index contributed by atoms with van der Waals surface area (Å²) in [6, 6.07) is 2.89. The van der Waals surface area contributed by atoms with Crippen LogP contribution in [0.5, 0.6) is 0 Å². The van der Waals surface area contributed by atoms with E-state index in [2.05, 4.69) is 51.4 Å². The Hall–Kier alpha value is 0.680. The fourth-order valence-electron chi connectivity index (χ4n) is 2.49. The zero-order valence-corrected chi connectivity index (χ0v) is 15.4. The number of halogens is 3. The molecule has 0 saturated carbocycles. The zero-order chi connectivity index (χ0) is 12.3. The van der Waals surface area contributed by atoms with Gasteiger partial charge in [-0.25, -0.2) is 0 Å². The number of nitrogens with one attached hydrogen (secondary N) is 1. The van der Waals surface area contributed by atoms with Crippen LogP contribution in [0.3, 0.4) is 0 Å². The molecular weight excluding hydrogens is 367 g/mol. The molecule has 1 aliphatic rings. The predicted molar refractivity (Wildman–Crippen MR) is 93.2 cm³/mol. The zero-order valence-electron chi connectivity index (χ0n) is 11.4. The number of thiophene rings is 1. The van der Waals surface area contributed by atoms with E-state index >= 15 is 0 Å². The average Bonchev–Trinajstić information content (AvgIpc) is 2.77. The van der Waals surface area contributed by atoms with E-state index in [1.54, 1.807) is 0 Å². The van der Waals surface area contributed by atoms with E-state index in [9.17, 15) is 0 Å². The molecule has 1 unspecified atom stereocenters. The Kier molecular flexibility index (Phi) is 9.93. The number of rotatable bonds is 4. The molecule has 0 amide bonds. The van der Waals surface area contributed by atoms with E-state index in [4.69, 9.17) is 0 Å². The normalized spacial score (nSPS) is 19.1. The highest BCUT2D eigenvalue weighted by atomic mass is 79.9. The van der Waals surface area contributed by atoms with E-state index in [0.29, 0.717) is 6.04 Å². The Balaban J connectivity index is 0.00000162. The molecule has 0 aliphatic carbocycles. The Morgan fingerprint density at radius 2 is 2.00 bits per heavy atom. The standard InChI is InChI=1S/C13H21BrN2S.2ClH/c1-3-10(2)13(12-8-11(14)9-17-12)16-6-4-15-5-7-16;;/h8-10,13,15H,3-7H2,1-2H3;2*1H/t10?,13-;;/m0../s1. The van der Waals surface area contributed by atoms with Crippen molar-refractivity contribution in [2.45, 2.75) is 26.3 Å². The van der Waals surface area contributed by atoms with Gasteiger partial charge in [-0.05, 0) is 27.9 Å². The van der Waals surface area contributed by atoms with Crippen molar-refractivity contribution in [3.63, 3.8) is 0 Å². The van der Waals surface area contributed by atoms with Gasteiger partial charge in [-0.2, -0.15) is 0 Å². The molecule has 2 atom stereocenters. The van der Waals surface area contributed by atoms with Gasteiger partial charge in [0.2, 0.25) is 0 Å². The van der Waals surface area contributed by atoms with E-state index in [1.165, 1.54) is 28.9 Å². The van der Waals surface area contributed by atoms with Gasteiger partial charge in [0.05, 0.1) is 0 Å². The van der Waals surface area contributed by atoms with Crippen molar-refractivity contribution in [2.24, 2.45) is 5.92 Å². The van der Waals surface area contributed by atoms with Crippen molar-refractivity contribution in [1.82, 2.24) is 10.2 Å². The first kappa shape index (κ1) is 19.7. The van der Waals surface area contributed by atoms with E-state index in [1.807, 2.05) is 11.3 Å². The molecule has 1 aromatic rings. The molecule has 1 fully saturated rings. The monoisotopic (exact) mass is 388 g/mol. The number of nitrogens with zero attached hydrogens (tertiary/aromatic N) is 1. The minimum Gasteiger partial charge on any atom is -0.314 e. The van der Waals surface area contributed by atoms with Gasteiger partial charge < -0.3 is 5.32 Å². The highest BCUT2D eigenvalue weighted by Gasteiger charge is 2.27. The van der Waals surface area contributed by atoms with Crippen molar-refractivity contribution in [1.29, 1.82) is 0 Å². The molecule has 0 aromatic carbocycles. The highest BCUT2D eigenvalue weighted by molar-refractivity contribution is 9.10. The molecule has 0 bridgehead atoms. The quantitative estimate of drug-likeness (QED) is 0.823. The average molecular weight is 390 g/mol. The van der Waals surface area contributed by atoms with Gasteiger partial charge in [-0.1, -0.05) is 20.3 Å². The van der Waals surface area contributed by atoms with Crippen LogP contribution in [-0.2, 0) is 0 Å². The predicted octanol–water partition coefficient (Wildman–Crippen LogP) is 4.35. The van der Waals surface area contributed by atoms with Crippen LogP contribution in [0.1, 0.15) is 31.2 Å². The summed E-state index contributed by atoms with van der Waals surface area (Å²) in [7, 11) is 0. The van der Waals surface area contributed by atoms with E-state index < -0.39 is 0 Å². The minimum absolute atomic E-state index is 0. The molecule has 19 heavy (non-hydrogen) atoms. The van der Waals surface area contributed by atoms with Crippen LogP contribution >= 0.6 is 52.1 Å². The topological polar surface area (TPSA) is 15.3 Å². The summed E-state index contributed by atoms with van der Waals surface area (Å²) in [5.74, 6) is 0.721. The van der Waals surface area contributed by atoms with Gasteiger partial charge in [-0.3, -0.25) is 4.90 Å². The van der Waals surface area contributed by atoms with Crippen LogP contribution < -0.4 is 5.32 Å². The molecule has 6 heteroatoms. The van der Waals surface area contributed by atoms with Crippen molar-refractivity contribution in [2.75, 3.05) is 26.2 Å².